The maximum Gasteiger partial charge on any atom is 0.163 e. The normalized spacial score (nSPS) is 20.8. The van der Waals surface area contributed by atoms with Crippen LogP contribution in [0.3, 0.4) is 0 Å². The summed E-state index contributed by atoms with van der Waals surface area (Å²) >= 11 is 5.91. The Balaban J connectivity index is 1.51. The number of hydrogen-bond acceptors (Lipinski definition) is 7. The molecule has 0 saturated carbocycles. The van der Waals surface area contributed by atoms with Crippen LogP contribution in [0, 0.1) is 5.82 Å². The van der Waals surface area contributed by atoms with Crippen molar-refractivity contribution in [3.63, 3.8) is 0 Å². The average Bonchev–Trinajstić information content (AvgIpc) is 3.46. The van der Waals surface area contributed by atoms with Crippen LogP contribution in [0.15, 0.2) is 36.7 Å². The molecule has 2 fully saturated rings. The minimum Gasteiger partial charge on any atom is -0.484 e. The van der Waals surface area contributed by atoms with Gasteiger partial charge in [0, 0.05) is 30.0 Å². The molecule has 1 N–H and O–H groups in total. The summed E-state index contributed by atoms with van der Waals surface area (Å²) < 4.78 is 36.8. The van der Waals surface area contributed by atoms with Gasteiger partial charge < -0.3 is 24.3 Å². The van der Waals surface area contributed by atoms with E-state index in [4.69, 9.17) is 30.5 Å². The van der Waals surface area contributed by atoms with Crippen molar-refractivity contribution in [3.8, 4) is 11.5 Å². The Morgan fingerprint density at radius 2 is 1.68 bits per heavy atom. The molecule has 2 aromatic carbocycles. The van der Waals surface area contributed by atoms with Crippen molar-refractivity contribution in [2.24, 2.45) is 0 Å². The fourth-order valence-corrected chi connectivity index (χ4v) is 3.81. The second-order valence-electron chi connectivity index (χ2n) is 7.50. The van der Waals surface area contributed by atoms with Gasteiger partial charge in [-0.1, -0.05) is 11.6 Å². The predicted octanol–water partition coefficient (Wildman–Crippen LogP) is 4.50. The van der Waals surface area contributed by atoms with Crippen molar-refractivity contribution in [1.82, 2.24) is 9.97 Å². The van der Waals surface area contributed by atoms with E-state index in [1.54, 1.807) is 6.07 Å². The number of rotatable bonds is 6. The Morgan fingerprint density at radius 3 is 2.32 bits per heavy atom. The molecule has 31 heavy (non-hydrogen) atoms. The van der Waals surface area contributed by atoms with E-state index in [-0.39, 0.29) is 17.2 Å². The number of fused-ring (bicyclic) bond motifs is 1. The highest BCUT2D eigenvalue weighted by molar-refractivity contribution is 6.31. The van der Waals surface area contributed by atoms with Gasteiger partial charge in [0.2, 0.25) is 0 Å². The molecule has 3 aromatic rings. The van der Waals surface area contributed by atoms with Crippen LogP contribution in [0.5, 0.6) is 11.5 Å². The standard InChI is InChI=1S/C22H21ClFN3O4/c23-17-7-13(1-2-18(17)24)27-22-16-8-20(30-14-3-5-28-10-14)21(9-19(16)25-12-26-22)31-15-4-6-29-11-15/h1-2,7-9,12,14-15H,3-6,10-11H2,(H,25,26,27)/t14-,15+/m0/s1. The Hall–Kier alpha value is -2.68. The van der Waals surface area contributed by atoms with Crippen LogP contribution in [0.25, 0.3) is 10.9 Å². The number of halogens is 2. The third-order valence-electron chi connectivity index (χ3n) is 5.25. The number of benzene rings is 2. The van der Waals surface area contributed by atoms with E-state index in [9.17, 15) is 4.39 Å². The molecule has 0 amide bonds. The molecule has 2 atom stereocenters. The third-order valence-corrected chi connectivity index (χ3v) is 5.54. The number of aromatic nitrogens is 2. The van der Waals surface area contributed by atoms with Crippen LogP contribution >= 0.6 is 11.6 Å². The zero-order valence-corrected chi connectivity index (χ0v) is 17.4. The van der Waals surface area contributed by atoms with Gasteiger partial charge in [0.15, 0.2) is 11.5 Å². The van der Waals surface area contributed by atoms with Gasteiger partial charge in [0.25, 0.3) is 0 Å². The van der Waals surface area contributed by atoms with Crippen molar-refractivity contribution >= 4 is 34.0 Å². The summed E-state index contributed by atoms with van der Waals surface area (Å²) in [5, 5.41) is 3.96. The van der Waals surface area contributed by atoms with Crippen molar-refractivity contribution in [2.45, 2.75) is 25.0 Å². The molecule has 5 rings (SSSR count). The second-order valence-corrected chi connectivity index (χ2v) is 7.91. The Morgan fingerprint density at radius 1 is 0.968 bits per heavy atom. The summed E-state index contributed by atoms with van der Waals surface area (Å²) in [4.78, 5) is 8.75. The first kappa shape index (κ1) is 20.2. The summed E-state index contributed by atoms with van der Waals surface area (Å²) in [7, 11) is 0. The molecule has 0 radical (unpaired) electrons. The average molecular weight is 446 g/mol. The molecule has 0 spiro atoms. The molecule has 2 aliphatic rings. The van der Waals surface area contributed by atoms with Gasteiger partial charge in [0.05, 0.1) is 37.0 Å². The van der Waals surface area contributed by atoms with Gasteiger partial charge in [0.1, 0.15) is 30.2 Å². The Labute approximate surface area is 183 Å². The van der Waals surface area contributed by atoms with E-state index in [1.165, 1.54) is 18.5 Å². The van der Waals surface area contributed by atoms with E-state index < -0.39 is 5.82 Å². The van der Waals surface area contributed by atoms with Crippen LogP contribution in [-0.2, 0) is 9.47 Å². The minimum absolute atomic E-state index is 0.0274. The summed E-state index contributed by atoms with van der Waals surface area (Å²) in [6.07, 6.45) is 3.03. The number of nitrogens with one attached hydrogen (secondary N) is 1. The topological polar surface area (TPSA) is 74.7 Å². The van der Waals surface area contributed by atoms with E-state index in [1.807, 2.05) is 12.1 Å². The lowest BCUT2D eigenvalue weighted by atomic mass is 10.2. The zero-order chi connectivity index (χ0) is 21.2. The van der Waals surface area contributed by atoms with E-state index in [0.29, 0.717) is 54.9 Å². The molecule has 7 nitrogen and oxygen atoms in total. The lowest BCUT2D eigenvalue weighted by Crippen LogP contribution is -2.19. The molecule has 1 aromatic heterocycles. The molecule has 9 heteroatoms. The number of anilines is 2. The first-order chi connectivity index (χ1) is 15.2. The monoisotopic (exact) mass is 445 g/mol. The van der Waals surface area contributed by atoms with Crippen LogP contribution in [-0.4, -0.2) is 48.6 Å². The summed E-state index contributed by atoms with van der Waals surface area (Å²) in [5.41, 5.74) is 1.30. The SMILES string of the molecule is Fc1ccc(Nc2ncnc3cc(O[C@@H]4CCOC4)c(O[C@H]4CCOC4)cc23)cc1Cl. The number of hydrogen-bond donors (Lipinski definition) is 1. The molecule has 0 bridgehead atoms. The Kier molecular flexibility index (Phi) is 5.76. The summed E-state index contributed by atoms with van der Waals surface area (Å²) in [6.45, 7) is 2.44. The largest absolute Gasteiger partial charge is 0.484 e. The lowest BCUT2D eigenvalue weighted by molar-refractivity contribution is 0.123. The van der Waals surface area contributed by atoms with Gasteiger partial charge in [-0.25, -0.2) is 14.4 Å². The first-order valence-electron chi connectivity index (χ1n) is 10.2. The van der Waals surface area contributed by atoms with E-state index in [0.717, 1.165) is 18.2 Å². The smallest absolute Gasteiger partial charge is 0.163 e. The van der Waals surface area contributed by atoms with Gasteiger partial charge in [-0.3, -0.25) is 0 Å². The Bertz CT molecular complexity index is 1090. The zero-order valence-electron chi connectivity index (χ0n) is 16.6. The molecule has 0 unspecified atom stereocenters. The number of ether oxygens (including phenoxy) is 4. The van der Waals surface area contributed by atoms with Crippen LogP contribution in [0.2, 0.25) is 5.02 Å². The lowest BCUT2D eigenvalue weighted by Gasteiger charge is -2.20. The van der Waals surface area contributed by atoms with Crippen molar-refractivity contribution < 1.29 is 23.3 Å². The highest BCUT2D eigenvalue weighted by atomic mass is 35.5. The molecule has 2 saturated heterocycles. The number of nitrogens with zero attached hydrogens (tertiary/aromatic N) is 2. The molecule has 0 aliphatic carbocycles. The maximum absolute atomic E-state index is 13.5. The van der Waals surface area contributed by atoms with Crippen LogP contribution < -0.4 is 14.8 Å². The van der Waals surface area contributed by atoms with Gasteiger partial charge in [-0.2, -0.15) is 0 Å². The predicted molar refractivity (Wildman–Crippen MR) is 114 cm³/mol. The van der Waals surface area contributed by atoms with Crippen molar-refractivity contribution in [3.05, 3.63) is 47.5 Å². The summed E-state index contributed by atoms with van der Waals surface area (Å²) in [6, 6.07) is 8.13. The molecular formula is C22H21ClFN3O4. The molecular weight excluding hydrogens is 425 g/mol. The van der Waals surface area contributed by atoms with Crippen LogP contribution in [0.1, 0.15) is 12.8 Å². The summed E-state index contributed by atoms with van der Waals surface area (Å²) in [5.74, 6) is 1.29. The molecule has 2 aliphatic heterocycles. The van der Waals surface area contributed by atoms with Gasteiger partial charge in [-0.15, -0.1) is 0 Å². The van der Waals surface area contributed by atoms with Crippen molar-refractivity contribution in [1.29, 1.82) is 0 Å². The highest BCUT2D eigenvalue weighted by Gasteiger charge is 2.24. The third kappa shape index (κ3) is 4.51. The quantitative estimate of drug-likeness (QED) is 0.598. The fourth-order valence-electron chi connectivity index (χ4n) is 3.63. The maximum atomic E-state index is 13.5. The van der Waals surface area contributed by atoms with Crippen molar-refractivity contribution in [2.75, 3.05) is 31.7 Å². The highest BCUT2D eigenvalue weighted by Crippen LogP contribution is 2.37. The first-order valence-corrected chi connectivity index (χ1v) is 10.5. The second kappa shape index (κ2) is 8.82. The van der Waals surface area contributed by atoms with Gasteiger partial charge in [-0.05, 0) is 24.3 Å². The molecule has 162 valence electrons. The minimum atomic E-state index is -0.480. The van der Waals surface area contributed by atoms with E-state index in [2.05, 4.69) is 15.3 Å². The van der Waals surface area contributed by atoms with E-state index >= 15 is 0 Å². The van der Waals surface area contributed by atoms with Crippen LogP contribution in [0.4, 0.5) is 15.9 Å². The fraction of sp³-hybridized carbons (Fsp3) is 0.364. The van der Waals surface area contributed by atoms with Gasteiger partial charge >= 0.3 is 0 Å². The molecule has 3 heterocycles.